The molecule has 8 rings (SSSR count). The molecule has 0 spiro atoms. The molecule has 2 nitrogen and oxygen atoms in total. The molecule has 0 heterocycles. The summed E-state index contributed by atoms with van der Waals surface area (Å²) in [6.07, 6.45) is 3.68. The third-order valence-electron chi connectivity index (χ3n) is 13.3. The van der Waals surface area contributed by atoms with Gasteiger partial charge in [-0.3, -0.25) is 0 Å². The number of aromatic hydroxyl groups is 2. The first-order chi connectivity index (χ1) is 31.9. The average Bonchev–Trinajstić information content (AvgIpc) is 3.33. The van der Waals surface area contributed by atoms with E-state index in [4.69, 9.17) is 0 Å². The van der Waals surface area contributed by atoms with Crippen LogP contribution in [0.4, 0.5) is 0 Å². The normalized spacial score (nSPS) is 12.6. The monoisotopic (exact) mass is 902 g/mol. The molecule has 8 aromatic carbocycles. The van der Waals surface area contributed by atoms with Crippen LogP contribution in [0, 0.1) is 0 Å². The van der Waals surface area contributed by atoms with E-state index in [-0.39, 0.29) is 10.8 Å². The molecule has 0 aliphatic carbocycles. The fourth-order valence-electron chi connectivity index (χ4n) is 9.78. The molecule has 2 N–H and O–H groups in total. The van der Waals surface area contributed by atoms with E-state index in [1.807, 2.05) is 0 Å². The standard InChI is InChI=1S/C62H64O2P2/c1-59(2,3)53-39-45(57(63)55(41-53)61(47-25-13-7-14-26-47,48-27-15-8-16-28-48)49-29-17-9-18-30-49)43-65-37-38-66-44-46-40-54(60(4,5)6)42-56(58(46)64)62(50-31-19-10-20-32-50,51-33-21-11-22-34-51)52-35-23-12-24-36-52/h7-36,39-42,63-66H,37-38,43-44H2,1-6H3. The van der Waals surface area contributed by atoms with Crippen molar-refractivity contribution in [3.63, 3.8) is 0 Å². The van der Waals surface area contributed by atoms with Crippen molar-refractivity contribution in [2.75, 3.05) is 12.3 Å². The minimum atomic E-state index is -0.740. The van der Waals surface area contributed by atoms with Crippen LogP contribution in [0.15, 0.2) is 206 Å². The Labute approximate surface area is 397 Å². The van der Waals surface area contributed by atoms with Crippen molar-refractivity contribution in [1.82, 2.24) is 0 Å². The van der Waals surface area contributed by atoms with Gasteiger partial charge in [-0.05, 0) is 103 Å². The Balaban J connectivity index is 1.12. The van der Waals surface area contributed by atoms with E-state index in [9.17, 15) is 10.2 Å². The van der Waals surface area contributed by atoms with E-state index < -0.39 is 10.8 Å². The lowest BCUT2D eigenvalue weighted by atomic mass is 9.64. The van der Waals surface area contributed by atoms with E-state index in [0.29, 0.717) is 28.7 Å². The minimum absolute atomic E-state index is 0.140. The Morgan fingerprint density at radius 2 is 0.545 bits per heavy atom. The highest BCUT2D eigenvalue weighted by Gasteiger charge is 2.43. The van der Waals surface area contributed by atoms with Gasteiger partial charge in [0.25, 0.3) is 0 Å². The van der Waals surface area contributed by atoms with Gasteiger partial charge in [0.15, 0.2) is 0 Å². The summed E-state index contributed by atoms with van der Waals surface area (Å²) < 4.78 is 0. The fraction of sp³-hybridized carbons (Fsp3) is 0.226. The van der Waals surface area contributed by atoms with Crippen LogP contribution in [0.3, 0.4) is 0 Å². The number of benzene rings is 8. The van der Waals surface area contributed by atoms with Gasteiger partial charge in [-0.15, -0.1) is 17.2 Å². The predicted octanol–water partition coefficient (Wildman–Crippen LogP) is 15.5. The van der Waals surface area contributed by atoms with Crippen molar-refractivity contribution in [2.45, 2.75) is 75.5 Å². The molecule has 4 heteroatoms. The van der Waals surface area contributed by atoms with Crippen LogP contribution in [0.2, 0.25) is 0 Å². The quantitative estimate of drug-likeness (QED) is 0.0611. The van der Waals surface area contributed by atoms with Crippen LogP contribution in [0.25, 0.3) is 0 Å². The highest BCUT2D eigenvalue weighted by atomic mass is 31.1. The van der Waals surface area contributed by atoms with Gasteiger partial charge in [0.2, 0.25) is 0 Å². The molecule has 0 aliphatic rings. The lowest BCUT2D eigenvalue weighted by molar-refractivity contribution is 0.453. The Hall–Kier alpha value is -5.78. The van der Waals surface area contributed by atoms with E-state index in [1.54, 1.807) is 0 Å². The van der Waals surface area contributed by atoms with Crippen LogP contribution < -0.4 is 0 Å². The van der Waals surface area contributed by atoms with Crippen LogP contribution in [0.1, 0.15) is 108 Å². The van der Waals surface area contributed by atoms with Crippen LogP contribution in [0.5, 0.6) is 11.5 Å². The van der Waals surface area contributed by atoms with Gasteiger partial charge in [-0.25, -0.2) is 0 Å². The molecule has 0 fully saturated rings. The molecule has 2 atom stereocenters. The molecule has 0 bridgehead atoms. The van der Waals surface area contributed by atoms with Gasteiger partial charge < -0.3 is 10.2 Å². The van der Waals surface area contributed by atoms with Crippen molar-refractivity contribution in [1.29, 1.82) is 0 Å². The van der Waals surface area contributed by atoms with Crippen molar-refractivity contribution >= 4 is 17.2 Å². The van der Waals surface area contributed by atoms with Gasteiger partial charge in [-0.2, -0.15) is 0 Å². The number of hydrogen-bond donors (Lipinski definition) is 2. The van der Waals surface area contributed by atoms with Gasteiger partial charge in [0.05, 0.1) is 10.8 Å². The second-order valence-electron chi connectivity index (χ2n) is 19.6. The average molecular weight is 903 g/mol. The molecule has 0 amide bonds. The summed E-state index contributed by atoms with van der Waals surface area (Å²) in [5, 5.41) is 25.4. The van der Waals surface area contributed by atoms with Crippen LogP contribution >= 0.6 is 17.2 Å². The summed E-state index contributed by atoms with van der Waals surface area (Å²) in [4.78, 5) is 0. The second kappa shape index (κ2) is 20.0. The topological polar surface area (TPSA) is 40.5 Å². The van der Waals surface area contributed by atoms with Gasteiger partial charge in [-0.1, -0.05) is 236 Å². The highest BCUT2D eigenvalue weighted by Crippen LogP contribution is 2.52. The lowest BCUT2D eigenvalue weighted by Gasteiger charge is -2.38. The van der Waals surface area contributed by atoms with Crippen molar-refractivity contribution < 1.29 is 10.2 Å². The minimum Gasteiger partial charge on any atom is -0.507 e. The summed E-state index contributed by atoms with van der Waals surface area (Å²) in [6.45, 7) is 13.6. The molecule has 0 aromatic heterocycles. The van der Waals surface area contributed by atoms with Gasteiger partial charge in [0, 0.05) is 11.1 Å². The maximum absolute atomic E-state index is 12.7. The molecular formula is C62H64O2P2. The molecule has 0 saturated heterocycles. The third kappa shape index (κ3) is 9.29. The summed E-state index contributed by atoms with van der Waals surface area (Å²) in [7, 11) is 1.27. The first kappa shape index (κ1) is 46.7. The zero-order valence-corrected chi connectivity index (χ0v) is 41.4. The summed E-state index contributed by atoms with van der Waals surface area (Å²) >= 11 is 0. The predicted molar refractivity (Wildman–Crippen MR) is 284 cm³/mol. The van der Waals surface area contributed by atoms with E-state index in [0.717, 1.165) is 80.3 Å². The highest BCUT2D eigenvalue weighted by molar-refractivity contribution is 7.41. The summed E-state index contributed by atoms with van der Waals surface area (Å²) in [5.74, 6) is 0.759. The maximum atomic E-state index is 12.7. The lowest BCUT2D eigenvalue weighted by Crippen LogP contribution is -2.32. The largest absolute Gasteiger partial charge is 0.507 e. The third-order valence-corrected chi connectivity index (χ3v) is 16.2. The summed E-state index contributed by atoms with van der Waals surface area (Å²) in [6, 6.07) is 73.2. The summed E-state index contributed by atoms with van der Waals surface area (Å²) in [5.41, 5.74) is 11.2. The smallest absolute Gasteiger partial charge is 0.123 e. The van der Waals surface area contributed by atoms with Crippen LogP contribution in [-0.2, 0) is 34.0 Å². The molecular weight excluding hydrogens is 839 g/mol. The Morgan fingerprint density at radius 1 is 0.318 bits per heavy atom. The van der Waals surface area contributed by atoms with E-state index in [1.165, 1.54) is 11.1 Å². The number of hydrogen-bond acceptors (Lipinski definition) is 2. The second-order valence-corrected chi connectivity index (χ2v) is 22.3. The number of rotatable bonds is 15. The Morgan fingerprint density at radius 3 is 0.758 bits per heavy atom. The van der Waals surface area contributed by atoms with Crippen molar-refractivity contribution in [3.05, 3.63) is 273 Å². The molecule has 0 radical (unpaired) electrons. The van der Waals surface area contributed by atoms with E-state index in [2.05, 4.69) is 248 Å². The molecule has 8 aromatic rings. The van der Waals surface area contributed by atoms with Crippen molar-refractivity contribution in [3.8, 4) is 11.5 Å². The zero-order chi connectivity index (χ0) is 46.4. The molecule has 334 valence electrons. The zero-order valence-electron chi connectivity index (χ0n) is 39.4. The van der Waals surface area contributed by atoms with Gasteiger partial charge in [0.1, 0.15) is 11.5 Å². The molecule has 66 heavy (non-hydrogen) atoms. The Bertz CT molecular complexity index is 2420. The Kier molecular flexibility index (Phi) is 14.2. The maximum Gasteiger partial charge on any atom is 0.123 e. The SMILES string of the molecule is CC(C)(C)c1cc(CPCCPCc2cc(C(C)(C)C)cc(C(c3ccccc3)(c3ccccc3)c3ccccc3)c2O)c(O)c(C(c2ccccc2)(c2ccccc2)c2ccccc2)c1. The van der Waals surface area contributed by atoms with Gasteiger partial charge >= 0.3 is 0 Å². The number of phenols is 2. The van der Waals surface area contributed by atoms with Crippen molar-refractivity contribution in [2.24, 2.45) is 0 Å². The molecule has 0 aliphatic heterocycles. The van der Waals surface area contributed by atoms with Crippen LogP contribution in [-0.4, -0.2) is 22.5 Å². The first-order valence-corrected chi connectivity index (χ1v) is 26.2. The number of phenolic OH excluding ortho intramolecular Hbond substituents is 2. The first-order valence-electron chi connectivity index (χ1n) is 23.3. The molecule has 2 unspecified atom stereocenters. The molecule has 0 saturated carbocycles. The van der Waals surface area contributed by atoms with E-state index >= 15 is 0 Å². The fourth-order valence-corrected chi connectivity index (χ4v) is 12.6.